The molecule has 118 valence electrons. The van der Waals surface area contributed by atoms with E-state index in [0.717, 1.165) is 31.2 Å². The molecule has 2 N–H and O–H groups in total. The van der Waals surface area contributed by atoms with Gasteiger partial charge >= 0.3 is 0 Å². The zero-order valence-corrected chi connectivity index (χ0v) is 14.0. The van der Waals surface area contributed by atoms with E-state index in [2.05, 4.69) is 13.8 Å². The van der Waals surface area contributed by atoms with Gasteiger partial charge in [-0.1, -0.05) is 26.8 Å². The molecule has 4 nitrogen and oxygen atoms in total. The Labute approximate surface area is 128 Å². The Morgan fingerprint density at radius 1 is 1.24 bits per heavy atom. The lowest BCUT2D eigenvalue weighted by Crippen LogP contribution is -2.32. The summed E-state index contributed by atoms with van der Waals surface area (Å²) >= 11 is 0. The molecular formula is C16H26N2O2S. The summed E-state index contributed by atoms with van der Waals surface area (Å²) in [6.07, 6.45) is 3.68. The van der Waals surface area contributed by atoms with Gasteiger partial charge in [-0.25, -0.2) is 8.42 Å². The van der Waals surface area contributed by atoms with Crippen molar-refractivity contribution in [1.82, 2.24) is 4.31 Å². The number of sulfonamides is 1. The summed E-state index contributed by atoms with van der Waals surface area (Å²) < 4.78 is 27.2. The number of nitrogens with zero attached hydrogens (tertiary/aromatic N) is 1. The topological polar surface area (TPSA) is 63.4 Å². The number of benzene rings is 1. The molecule has 0 aliphatic carbocycles. The molecule has 0 spiro atoms. The Morgan fingerprint density at radius 2 is 1.95 bits per heavy atom. The van der Waals surface area contributed by atoms with E-state index in [1.165, 1.54) is 0 Å². The van der Waals surface area contributed by atoms with Gasteiger partial charge in [0.25, 0.3) is 0 Å². The lowest BCUT2D eigenvalue weighted by molar-refractivity contribution is 0.315. The highest BCUT2D eigenvalue weighted by Gasteiger charge is 2.30. The molecule has 1 aliphatic rings. The van der Waals surface area contributed by atoms with Gasteiger partial charge in [0.1, 0.15) is 0 Å². The maximum Gasteiger partial charge on any atom is 0.243 e. The predicted molar refractivity (Wildman–Crippen MR) is 86.6 cm³/mol. The molecule has 1 heterocycles. The summed E-state index contributed by atoms with van der Waals surface area (Å²) in [6, 6.07) is 5.11. The van der Waals surface area contributed by atoms with Crippen LogP contribution in [0, 0.1) is 5.41 Å². The molecule has 0 aromatic heterocycles. The lowest BCUT2D eigenvalue weighted by atomic mass is 9.85. The van der Waals surface area contributed by atoms with E-state index in [0.29, 0.717) is 23.7 Å². The molecule has 2 rings (SSSR count). The van der Waals surface area contributed by atoms with Crippen molar-refractivity contribution in [2.24, 2.45) is 5.41 Å². The summed E-state index contributed by atoms with van der Waals surface area (Å²) in [4.78, 5) is 0.317. The summed E-state index contributed by atoms with van der Waals surface area (Å²) in [5.41, 5.74) is 7.72. The first-order valence-corrected chi connectivity index (χ1v) is 9.09. The van der Waals surface area contributed by atoms with Crippen LogP contribution >= 0.6 is 0 Å². The van der Waals surface area contributed by atoms with Crippen LogP contribution < -0.4 is 5.73 Å². The molecule has 0 atom stereocenters. The van der Waals surface area contributed by atoms with E-state index in [9.17, 15) is 8.42 Å². The van der Waals surface area contributed by atoms with Crippen molar-refractivity contribution >= 4 is 15.7 Å². The largest absolute Gasteiger partial charge is 0.398 e. The smallest absolute Gasteiger partial charge is 0.243 e. The number of hydrogen-bond donors (Lipinski definition) is 1. The average Bonchev–Trinajstić information content (AvgIpc) is 2.60. The quantitative estimate of drug-likeness (QED) is 0.873. The Balaban J connectivity index is 2.27. The van der Waals surface area contributed by atoms with Crippen molar-refractivity contribution in [3.63, 3.8) is 0 Å². The Hall–Kier alpha value is -1.07. The standard InChI is InChI=1S/C16H26N2O2S/c1-4-13-6-7-14(12-15(13)17)21(19,20)18-10-5-8-16(2,3)9-11-18/h6-7,12H,4-5,8-11,17H2,1-3H3. The van der Waals surface area contributed by atoms with Gasteiger partial charge in [-0.15, -0.1) is 0 Å². The van der Waals surface area contributed by atoms with Crippen LogP contribution in [0.3, 0.4) is 0 Å². The number of anilines is 1. The van der Waals surface area contributed by atoms with E-state index in [4.69, 9.17) is 5.73 Å². The fraction of sp³-hybridized carbons (Fsp3) is 0.625. The van der Waals surface area contributed by atoms with Crippen LogP contribution in [0.25, 0.3) is 0 Å². The number of aryl methyl sites for hydroxylation is 1. The second-order valence-corrected chi connectivity index (χ2v) is 8.57. The van der Waals surface area contributed by atoms with Crippen LogP contribution in [0.1, 0.15) is 45.6 Å². The van der Waals surface area contributed by atoms with Gasteiger partial charge in [0.2, 0.25) is 10.0 Å². The van der Waals surface area contributed by atoms with E-state index in [1.807, 2.05) is 13.0 Å². The molecule has 1 aromatic rings. The summed E-state index contributed by atoms with van der Waals surface area (Å²) in [7, 11) is -3.43. The van der Waals surface area contributed by atoms with Crippen LogP contribution in [0.2, 0.25) is 0 Å². The van der Waals surface area contributed by atoms with Crippen molar-refractivity contribution in [1.29, 1.82) is 0 Å². The lowest BCUT2D eigenvalue weighted by Gasteiger charge is -2.23. The highest BCUT2D eigenvalue weighted by Crippen LogP contribution is 2.32. The van der Waals surface area contributed by atoms with E-state index in [-0.39, 0.29) is 5.41 Å². The van der Waals surface area contributed by atoms with Gasteiger partial charge in [-0.2, -0.15) is 4.31 Å². The molecule has 0 saturated carbocycles. The van der Waals surface area contributed by atoms with Crippen LogP contribution in [0.5, 0.6) is 0 Å². The highest BCUT2D eigenvalue weighted by molar-refractivity contribution is 7.89. The monoisotopic (exact) mass is 310 g/mol. The molecule has 1 aromatic carbocycles. The second kappa shape index (κ2) is 5.97. The van der Waals surface area contributed by atoms with Crippen molar-refractivity contribution in [3.8, 4) is 0 Å². The predicted octanol–water partition coefficient (Wildman–Crippen LogP) is 3.03. The summed E-state index contributed by atoms with van der Waals surface area (Å²) in [5.74, 6) is 0. The van der Waals surface area contributed by atoms with Crippen molar-refractivity contribution < 1.29 is 8.42 Å². The Kier molecular flexibility index (Phi) is 4.63. The molecule has 1 fully saturated rings. The normalized spacial score (nSPS) is 20.1. The van der Waals surface area contributed by atoms with Crippen LogP contribution in [-0.4, -0.2) is 25.8 Å². The zero-order chi connectivity index (χ0) is 15.7. The van der Waals surface area contributed by atoms with Crippen LogP contribution in [0.4, 0.5) is 5.69 Å². The molecule has 0 unspecified atom stereocenters. The minimum absolute atomic E-state index is 0.218. The van der Waals surface area contributed by atoms with Crippen molar-refractivity contribution in [2.45, 2.75) is 51.3 Å². The fourth-order valence-corrected chi connectivity index (χ4v) is 4.36. The van der Waals surface area contributed by atoms with Gasteiger partial charge < -0.3 is 5.73 Å². The third-order valence-electron chi connectivity index (χ3n) is 4.44. The van der Waals surface area contributed by atoms with E-state index in [1.54, 1.807) is 16.4 Å². The number of nitrogens with two attached hydrogens (primary N) is 1. The third kappa shape index (κ3) is 3.58. The van der Waals surface area contributed by atoms with Crippen molar-refractivity contribution in [2.75, 3.05) is 18.8 Å². The number of hydrogen-bond acceptors (Lipinski definition) is 3. The molecule has 1 aliphatic heterocycles. The molecular weight excluding hydrogens is 284 g/mol. The van der Waals surface area contributed by atoms with Gasteiger partial charge in [0.15, 0.2) is 0 Å². The van der Waals surface area contributed by atoms with Crippen LogP contribution in [0.15, 0.2) is 23.1 Å². The number of rotatable bonds is 3. The van der Waals surface area contributed by atoms with Gasteiger partial charge in [0.05, 0.1) is 4.90 Å². The van der Waals surface area contributed by atoms with E-state index < -0.39 is 10.0 Å². The van der Waals surface area contributed by atoms with Crippen molar-refractivity contribution in [3.05, 3.63) is 23.8 Å². The highest BCUT2D eigenvalue weighted by atomic mass is 32.2. The minimum Gasteiger partial charge on any atom is -0.398 e. The van der Waals surface area contributed by atoms with E-state index >= 15 is 0 Å². The molecule has 5 heteroatoms. The first-order chi connectivity index (χ1) is 9.76. The Bertz CT molecular complexity index is 609. The average molecular weight is 310 g/mol. The minimum atomic E-state index is -3.43. The van der Waals surface area contributed by atoms with Gasteiger partial charge in [-0.3, -0.25) is 0 Å². The molecule has 21 heavy (non-hydrogen) atoms. The molecule has 0 bridgehead atoms. The molecule has 0 radical (unpaired) electrons. The first kappa shape index (κ1) is 16.3. The maximum absolute atomic E-state index is 12.8. The van der Waals surface area contributed by atoms with Gasteiger partial charge in [0, 0.05) is 18.8 Å². The number of nitrogen functional groups attached to an aromatic ring is 1. The fourth-order valence-electron chi connectivity index (χ4n) is 2.84. The third-order valence-corrected chi connectivity index (χ3v) is 6.33. The zero-order valence-electron chi connectivity index (χ0n) is 13.2. The summed E-state index contributed by atoms with van der Waals surface area (Å²) in [6.45, 7) is 7.61. The first-order valence-electron chi connectivity index (χ1n) is 7.65. The molecule has 1 saturated heterocycles. The maximum atomic E-state index is 12.8. The van der Waals surface area contributed by atoms with Crippen LogP contribution in [-0.2, 0) is 16.4 Å². The van der Waals surface area contributed by atoms with Gasteiger partial charge in [-0.05, 0) is 48.8 Å². The SMILES string of the molecule is CCc1ccc(S(=O)(=O)N2CCCC(C)(C)CC2)cc1N. The second-order valence-electron chi connectivity index (χ2n) is 6.64. The molecule has 0 amide bonds. The Morgan fingerprint density at radius 3 is 2.57 bits per heavy atom. The summed E-state index contributed by atoms with van der Waals surface area (Å²) in [5, 5.41) is 0.